The number of ether oxygens (including phenoxy) is 2. The smallest absolute Gasteiger partial charge is 0.231 e. The molecule has 1 heterocycles. The van der Waals surface area contributed by atoms with Gasteiger partial charge in [-0.15, -0.1) is 0 Å². The van der Waals surface area contributed by atoms with E-state index in [2.05, 4.69) is 10.2 Å². The molecule has 0 atom stereocenters. The number of benzene rings is 2. The minimum atomic E-state index is -0.132. The van der Waals surface area contributed by atoms with Crippen molar-refractivity contribution < 1.29 is 14.3 Å². The second-order valence-corrected chi connectivity index (χ2v) is 6.63. The highest BCUT2D eigenvalue weighted by atomic mass is 35.5. The summed E-state index contributed by atoms with van der Waals surface area (Å²) in [6.45, 7) is 1.57. The Balaban J connectivity index is 1.50. The molecule has 1 aliphatic heterocycles. The summed E-state index contributed by atoms with van der Waals surface area (Å²) in [5.41, 5.74) is 1.55. The van der Waals surface area contributed by atoms with Crippen LogP contribution in [-0.2, 0) is 11.3 Å². The van der Waals surface area contributed by atoms with E-state index in [1.807, 2.05) is 25.2 Å². The van der Waals surface area contributed by atoms with Gasteiger partial charge in [0.2, 0.25) is 12.7 Å². The second kappa shape index (κ2) is 7.95. The number of hydrogen-bond donors (Lipinski definition) is 1. The number of carbonyl (C=O) groups excluding carboxylic acids is 1. The topological polar surface area (TPSA) is 50.8 Å². The Labute approximate surface area is 156 Å². The maximum absolute atomic E-state index is 12.1. The fraction of sp³-hybridized carbons (Fsp3) is 0.278. The summed E-state index contributed by atoms with van der Waals surface area (Å²) in [7, 11) is 1.96. The molecular formula is C18H18Cl2N2O3. The van der Waals surface area contributed by atoms with Crippen molar-refractivity contribution in [2.45, 2.75) is 13.0 Å². The van der Waals surface area contributed by atoms with Crippen LogP contribution in [0.25, 0.3) is 0 Å². The van der Waals surface area contributed by atoms with Crippen molar-refractivity contribution in [3.8, 4) is 11.5 Å². The normalized spacial score (nSPS) is 12.5. The Morgan fingerprint density at radius 1 is 1.16 bits per heavy atom. The summed E-state index contributed by atoms with van der Waals surface area (Å²) in [6.07, 6.45) is 0.336. The third-order valence-electron chi connectivity index (χ3n) is 3.84. The van der Waals surface area contributed by atoms with Gasteiger partial charge in [-0.2, -0.15) is 0 Å². The van der Waals surface area contributed by atoms with Gasteiger partial charge in [0.25, 0.3) is 0 Å². The van der Waals surface area contributed by atoms with Crippen LogP contribution in [-0.4, -0.2) is 31.2 Å². The highest BCUT2D eigenvalue weighted by Crippen LogP contribution is 2.33. The molecule has 0 saturated carbocycles. The van der Waals surface area contributed by atoms with Crippen molar-refractivity contribution in [3.05, 3.63) is 52.0 Å². The van der Waals surface area contributed by atoms with Gasteiger partial charge in [-0.25, -0.2) is 0 Å². The quantitative estimate of drug-likeness (QED) is 0.816. The van der Waals surface area contributed by atoms with Gasteiger partial charge >= 0.3 is 0 Å². The van der Waals surface area contributed by atoms with E-state index in [1.54, 1.807) is 18.2 Å². The molecule has 1 N–H and O–H groups in total. The Hall–Kier alpha value is -1.95. The number of nitrogens with one attached hydrogen (secondary N) is 1. The molecule has 3 rings (SSSR count). The molecule has 0 aliphatic carbocycles. The molecule has 0 radical (unpaired) electrons. The van der Waals surface area contributed by atoms with E-state index in [9.17, 15) is 4.79 Å². The van der Waals surface area contributed by atoms with Crippen LogP contribution >= 0.6 is 23.2 Å². The Morgan fingerprint density at radius 3 is 2.64 bits per heavy atom. The lowest BCUT2D eigenvalue weighted by Gasteiger charge is -2.17. The Bertz CT molecular complexity index is 763. The number of nitrogens with zero attached hydrogens (tertiary/aromatic N) is 1. The lowest BCUT2D eigenvalue weighted by atomic mass is 10.2. The first kappa shape index (κ1) is 17.9. The maximum atomic E-state index is 12.1. The minimum Gasteiger partial charge on any atom is -0.454 e. The van der Waals surface area contributed by atoms with Crippen molar-refractivity contribution in [3.63, 3.8) is 0 Å². The van der Waals surface area contributed by atoms with E-state index in [-0.39, 0.29) is 12.7 Å². The molecule has 1 aliphatic rings. The standard InChI is InChI=1S/C18H18Cl2N2O3/c1-22(10-12-5-6-15-16(9-12)25-11-24-15)8-7-17(23)21-18-13(19)3-2-4-14(18)20/h2-6,9H,7-8,10-11H2,1H3,(H,21,23). The number of halogens is 2. The van der Waals surface area contributed by atoms with Crippen LogP contribution in [0.4, 0.5) is 5.69 Å². The van der Waals surface area contributed by atoms with Crippen molar-refractivity contribution >= 4 is 34.8 Å². The number of anilines is 1. The molecule has 2 aromatic rings. The highest BCUT2D eigenvalue weighted by molar-refractivity contribution is 6.39. The van der Waals surface area contributed by atoms with E-state index < -0.39 is 0 Å². The molecule has 1 amide bonds. The number of fused-ring (bicyclic) bond motifs is 1. The number of rotatable bonds is 6. The van der Waals surface area contributed by atoms with Crippen LogP contribution < -0.4 is 14.8 Å². The van der Waals surface area contributed by atoms with E-state index in [0.29, 0.717) is 35.2 Å². The van der Waals surface area contributed by atoms with Crippen molar-refractivity contribution in [1.29, 1.82) is 0 Å². The number of amides is 1. The SMILES string of the molecule is CN(CCC(=O)Nc1c(Cl)cccc1Cl)Cc1ccc2c(c1)OCO2. The fourth-order valence-electron chi connectivity index (χ4n) is 2.54. The lowest BCUT2D eigenvalue weighted by molar-refractivity contribution is -0.116. The van der Waals surface area contributed by atoms with Gasteiger partial charge in [0, 0.05) is 19.5 Å². The fourth-order valence-corrected chi connectivity index (χ4v) is 3.03. The largest absolute Gasteiger partial charge is 0.454 e. The van der Waals surface area contributed by atoms with Crippen LogP contribution in [0.1, 0.15) is 12.0 Å². The molecule has 2 aromatic carbocycles. The van der Waals surface area contributed by atoms with E-state index >= 15 is 0 Å². The van der Waals surface area contributed by atoms with Gasteiger partial charge in [0.15, 0.2) is 11.5 Å². The zero-order valence-electron chi connectivity index (χ0n) is 13.7. The third-order valence-corrected chi connectivity index (χ3v) is 4.47. The maximum Gasteiger partial charge on any atom is 0.231 e. The van der Waals surface area contributed by atoms with Crippen LogP contribution in [0.15, 0.2) is 36.4 Å². The van der Waals surface area contributed by atoms with E-state index in [4.69, 9.17) is 32.7 Å². The summed E-state index contributed by atoms with van der Waals surface area (Å²) in [6, 6.07) is 11.0. The van der Waals surface area contributed by atoms with Gasteiger partial charge in [-0.3, -0.25) is 4.79 Å². The zero-order valence-corrected chi connectivity index (χ0v) is 15.2. The molecule has 0 fully saturated rings. The van der Waals surface area contributed by atoms with Crippen LogP contribution in [0.2, 0.25) is 10.0 Å². The summed E-state index contributed by atoms with van der Waals surface area (Å²) in [5.74, 6) is 1.40. The van der Waals surface area contributed by atoms with Crippen molar-refractivity contribution in [2.75, 3.05) is 25.7 Å². The summed E-state index contributed by atoms with van der Waals surface area (Å²) in [4.78, 5) is 14.2. The van der Waals surface area contributed by atoms with Gasteiger partial charge in [0.05, 0.1) is 15.7 Å². The van der Waals surface area contributed by atoms with Gasteiger partial charge in [-0.1, -0.05) is 35.3 Å². The monoisotopic (exact) mass is 380 g/mol. The predicted octanol–water partition coefficient (Wildman–Crippen LogP) is 4.18. The third kappa shape index (κ3) is 4.57. The first-order chi connectivity index (χ1) is 12.0. The number of hydrogen-bond acceptors (Lipinski definition) is 4. The van der Waals surface area contributed by atoms with Crippen LogP contribution in [0.5, 0.6) is 11.5 Å². The number of carbonyl (C=O) groups is 1. The van der Waals surface area contributed by atoms with Crippen molar-refractivity contribution in [1.82, 2.24) is 4.90 Å². The molecule has 0 saturated heterocycles. The van der Waals surface area contributed by atoms with Gasteiger partial charge in [0.1, 0.15) is 0 Å². The summed E-state index contributed by atoms with van der Waals surface area (Å²) in [5, 5.41) is 3.62. The minimum absolute atomic E-state index is 0.132. The summed E-state index contributed by atoms with van der Waals surface area (Å²) >= 11 is 12.1. The Morgan fingerprint density at radius 2 is 1.88 bits per heavy atom. The van der Waals surface area contributed by atoms with E-state index in [0.717, 1.165) is 17.1 Å². The average Bonchev–Trinajstić information content (AvgIpc) is 3.04. The summed E-state index contributed by atoms with van der Waals surface area (Å²) < 4.78 is 10.7. The molecule has 5 nitrogen and oxygen atoms in total. The molecular weight excluding hydrogens is 363 g/mol. The zero-order chi connectivity index (χ0) is 17.8. The van der Waals surface area contributed by atoms with E-state index in [1.165, 1.54) is 0 Å². The second-order valence-electron chi connectivity index (χ2n) is 5.82. The number of para-hydroxylation sites is 1. The van der Waals surface area contributed by atoms with Crippen molar-refractivity contribution in [2.24, 2.45) is 0 Å². The highest BCUT2D eigenvalue weighted by Gasteiger charge is 2.14. The molecule has 0 bridgehead atoms. The van der Waals surface area contributed by atoms with Gasteiger partial charge in [-0.05, 0) is 36.9 Å². The molecule has 132 valence electrons. The predicted molar refractivity (Wildman–Crippen MR) is 98.6 cm³/mol. The molecule has 7 heteroatoms. The first-order valence-electron chi connectivity index (χ1n) is 7.84. The lowest BCUT2D eigenvalue weighted by Crippen LogP contribution is -2.24. The van der Waals surface area contributed by atoms with Crippen LogP contribution in [0, 0.1) is 0 Å². The van der Waals surface area contributed by atoms with Crippen LogP contribution in [0.3, 0.4) is 0 Å². The average molecular weight is 381 g/mol. The Kier molecular flexibility index (Phi) is 5.68. The molecule has 0 unspecified atom stereocenters. The molecule has 0 aromatic heterocycles. The first-order valence-corrected chi connectivity index (χ1v) is 8.59. The van der Waals surface area contributed by atoms with Gasteiger partial charge < -0.3 is 19.7 Å². The molecule has 0 spiro atoms. The molecule has 25 heavy (non-hydrogen) atoms.